The summed E-state index contributed by atoms with van der Waals surface area (Å²) in [4.78, 5) is 0. The Hall–Kier alpha value is -0.960. The molecule has 0 saturated carbocycles. The first kappa shape index (κ1) is 10.1. The molecule has 0 unspecified atom stereocenters. The summed E-state index contributed by atoms with van der Waals surface area (Å²) in [6.07, 6.45) is 0. The quantitative estimate of drug-likeness (QED) is 0.573. The summed E-state index contributed by atoms with van der Waals surface area (Å²) in [5.41, 5.74) is 6.57. The lowest BCUT2D eigenvalue weighted by atomic mass is 10.0. The standard InChI is InChI=1S/C10H14N2S/c1-8(7-13-10(11)12)9-5-3-2-4-6-9/h2-6,8H,7H2,1H3,(H3,11,12)/t8-/m1/s1. The third-order valence-electron chi connectivity index (χ3n) is 1.86. The summed E-state index contributed by atoms with van der Waals surface area (Å²) in [5, 5.41) is 7.29. The highest BCUT2D eigenvalue weighted by atomic mass is 32.2. The van der Waals surface area contributed by atoms with Crippen molar-refractivity contribution in [1.29, 1.82) is 5.41 Å². The van der Waals surface area contributed by atoms with Crippen molar-refractivity contribution in [3.63, 3.8) is 0 Å². The van der Waals surface area contributed by atoms with Crippen LogP contribution in [0.25, 0.3) is 0 Å². The van der Waals surface area contributed by atoms with Gasteiger partial charge in [0.2, 0.25) is 0 Å². The number of thioether (sulfide) groups is 1. The topological polar surface area (TPSA) is 49.9 Å². The minimum absolute atomic E-state index is 0.197. The van der Waals surface area contributed by atoms with Crippen LogP contribution in [0.15, 0.2) is 30.3 Å². The number of nitrogens with two attached hydrogens (primary N) is 1. The van der Waals surface area contributed by atoms with E-state index in [1.54, 1.807) is 0 Å². The average Bonchev–Trinajstić information content (AvgIpc) is 2.15. The minimum atomic E-state index is 0.197. The fraction of sp³-hybridized carbons (Fsp3) is 0.300. The van der Waals surface area contributed by atoms with E-state index in [-0.39, 0.29) is 5.17 Å². The summed E-state index contributed by atoms with van der Waals surface area (Å²) in [7, 11) is 0. The van der Waals surface area contributed by atoms with Crippen molar-refractivity contribution in [3.8, 4) is 0 Å². The molecule has 3 heteroatoms. The van der Waals surface area contributed by atoms with Gasteiger partial charge in [-0.05, 0) is 11.5 Å². The van der Waals surface area contributed by atoms with Crippen LogP contribution in [-0.4, -0.2) is 10.9 Å². The van der Waals surface area contributed by atoms with Crippen molar-refractivity contribution >= 4 is 16.9 Å². The maximum absolute atomic E-state index is 7.09. The number of nitrogens with one attached hydrogen (secondary N) is 1. The molecule has 1 rings (SSSR count). The van der Waals surface area contributed by atoms with Gasteiger partial charge in [0.05, 0.1) is 0 Å². The number of rotatable bonds is 3. The molecular weight excluding hydrogens is 180 g/mol. The average molecular weight is 194 g/mol. The molecule has 0 bridgehead atoms. The second kappa shape index (κ2) is 4.92. The van der Waals surface area contributed by atoms with Crippen LogP contribution >= 0.6 is 11.8 Å². The summed E-state index contributed by atoms with van der Waals surface area (Å²) in [5.74, 6) is 1.33. The molecule has 0 aliphatic heterocycles. The second-order valence-electron chi connectivity index (χ2n) is 2.99. The molecule has 0 saturated heterocycles. The van der Waals surface area contributed by atoms with Crippen molar-refractivity contribution in [2.45, 2.75) is 12.8 Å². The molecule has 0 aliphatic carbocycles. The van der Waals surface area contributed by atoms with E-state index in [4.69, 9.17) is 11.1 Å². The zero-order valence-electron chi connectivity index (χ0n) is 7.66. The van der Waals surface area contributed by atoms with E-state index in [1.807, 2.05) is 18.2 Å². The third kappa shape index (κ3) is 3.51. The first-order valence-corrected chi connectivity index (χ1v) is 5.20. The number of benzene rings is 1. The number of hydrogen-bond donors (Lipinski definition) is 2. The fourth-order valence-electron chi connectivity index (χ4n) is 1.09. The zero-order valence-corrected chi connectivity index (χ0v) is 8.47. The molecule has 1 atom stereocenters. The van der Waals surface area contributed by atoms with E-state index < -0.39 is 0 Å². The van der Waals surface area contributed by atoms with Crippen molar-refractivity contribution in [3.05, 3.63) is 35.9 Å². The molecule has 0 aromatic heterocycles. The Morgan fingerprint density at radius 3 is 2.62 bits per heavy atom. The Labute approximate surface area is 83.0 Å². The van der Waals surface area contributed by atoms with E-state index in [0.29, 0.717) is 5.92 Å². The van der Waals surface area contributed by atoms with E-state index in [2.05, 4.69) is 19.1 Å². The Morgan fingerprint density at radius 2 is 2.08 bits per heavy atom. The molecule has 1 aromatic rings. The second-order valence-corrected chi connectivity index (χ2v) is 4.05. The van der Waals surface area contributed by atoms with Crippen LogP contribution in [0.5, 0.6) is 0 Å². The van der Waals surface area contributed by atoms with Crippen LogP contribution in [0.3, 0.4) is 0 Å². The zero-order chi connectivity index (χ0) is 9.68. The molecule has 2 nitrogen and oxygen atoms in total. The lowest BCUT2D eigenvalue weighted by molar-refractivity contribution is 0.883. The molecule has 3 N–H and O–H groups in total. The van der Waals surface area contributed by atoms with Gasteiger partial charge < -0.3 is 5.73 Å². The van der Waals surface area contributed by atoms with Crippen LogP contribution in [0, 0.1) is 5.41 Å². The molecule has 0 heterocycles. The summed E-state index contributed by atoms with van der Waals surface area (Å²) < 4.78 is 0. The smallest absolute Gasteiger partial charge is 0.151 e. The predicted molar refractivity (Wildman–Crippen MR) is 59.2 cm³/mol. The molecule has 70 valence electrons. The first-order chi connectivity index (χ1) is 6.20. The van der Waals surface area contributed by atoms with Crippen LogP contribution in [-0.2, 0) is 0 Å². The molecule has 0 fully saturated rings. The number of hydrogen-bond acceptors (Lipinski definition) is 2. The molecule has 13 heavy (non-hydrogen) atoms. The van der Waals surface area contributed by atoms with Crippen molar-refractivity contribution < 1.29 is 0 Å². The van der Waals surface area contributed by atoms with Gasteiger partial charge in [-0.1, -0.05) is 49.0 Å². The van der Waals surface area contributed by atoms with E-state index in [1.165, 1.54) is 17.3 Å². The Bertz CT molecular complexity index is 272. The minimum Gasteiger partial charge on any atom is -0.379 e. The van der Waals surface area contributed by atoms with Crippen LogP contribution < -0.4 is 5.73 Å². The van der Waals surface area contributed by atoms with E-state index >= 15 is 0 Å². The Morgan fingerprint density at radius 1 is 1.46 bits per heavy atom. The molecule has 0 aliphatic rings. The normalized spacial score (nSPS) is 12.4. The Balaban J connectivity index is 2.49. The highest BCUT2D eigenvalue weighted by molar-refractivity contribution is 8.13. The third-order valence-corrected chi connectivity index (χ3v) is 2.84. The van der Waals surface area contributed by atoms with E-state index in [9.17, 15) is 0 Å². The molecule has 0 amide bonds. The van der Waals surface area contributed by atoms with Gasteiger partial charge in [-0.25, -0.2) is 0 Å². The van der Waals surface area contributed by atoms with Crippen molar-refractivity contribution in [1.82, 2.24) is 0 Å². The molecule has 0 spiro atoms. The lowest BCUT2D eigenvalue weighted by Crippen LogP contribution is -2.07. The maximum Gasteiger partial charge on any atom is 0.151 e. The van der Waals surface area contributed by atoms with Gasteiger partial charge in [-0.3, -0.25) is 5.41 Å². The summed E-state index contributed by atoms with van der Waals surface area (Å²) in [6, 6.07) is 10.3. The van der Waals surface area contributed by atoms with Gasteiger partial charge in [0.25, 0.3) is 0 Å². The fourth-order valence-corrected chi connectivity index (χ4v) is 1.71. The van der Waals surface area contributed by atoms with Crippen LogP contribution in [0.2, 0.25) is 0 Å². The SMILES string of the molecule is C[C@H](CSC(=N)N)c1ccccc1. The van der Waals surface area contributed by atoms with E-state index in [0.717, 1.165) is 5.75 Å². The van der Waals surface area contributed by atoms with Crippen molar-refractivity contribution in [2.75, 3.05) is 5.75 Å². The van der Waals surface area contributed by atoms with Gasteiger partial charge in [0.1, 0.15) is 0 Å². The van der Waals surface area contributed by atoms with Gasteiger partial charge in [-0.15, -0.1) is 0 Å². The molecule has 0 radical (unpaired) electrons. The lowest BCUT2D eigenvalue weighted by Gasteiger charge is -2.09. The summed E-state index contributed by atoms with van der Waals surface area (Å²) in [6.45, 7) is 2.14. The van der Waals surface area contributed by atoms with Gasteiger partial charge in [0.15, 0.2) is 5.17 Å². The predicted octanol–water partition coefficient (Wildman–Crippen LogP) is 2.42. The van der Waals surface area contributed by atoms with Crippen LogP contribution in [0.4, 0.5) is 0 Å². The highest BCUT2D eigenvalue weighted by Gasteiger charge is 2.04. The van der Waals surface area contributed by atoms with Gasteiger partial charge in [0, 0.05) is 5.75 Å². The molecular formula is C10H14N2S. The monoisotopic (exact) mass is 194 g/mol. The largest absolute Gasteiger partial charge is 0.379 e. The first-order valence-electron chi connectivity index (χ1n) is 4.22. The number of amidine groups is 1. The van der Waals surface area contributed by atoms with Crippen molar-refractivity contribution in [2.24, 2.45) is 5.73 Å². The summed E-state index contributed by atoms with van der Waals surface area (Å²) >= 11 is 1.40. The van der Waals surface area contributed by atoms with Gasteiger partial charge in [-0.2, -0.15) is 0 Å². The Kier molecular flexibility index (Phi) is 3.83. The molecule has 1 aromatic carbocycles. The van der Waals surface area contributed by atoms with Crippen LogP contribution in [0.1, 0.15) is 18.4 Å². The van der Waals surface area contributed by atoms with Gasteiger partial charge >= 0.3 is 0 Å². The highest BCUT2D eigenvalue weighted by Crippen LogP contribution is 2.19. The maximum atomic E-state index is 7.09.